The number of amides is 2. The van der Waals surface area contributed by atoms with Crippen molar-refractivity contribution in [3.8, 4) is 0 Å². The van der Waals surface area contributed by atoms with Crippen LogP contribution in [0.25, 0.3) is 5.65 Å². The number of carbonyl (C=O) groups is 1. The molecular formula is C23H23FN6O. The quantitative estimate of drug-likeness (QED) is 0.492. The van der Waals surface area contributed by atoms with Crippen LogP contribution in [0.2, 0.25) is 0 Å². The Morgan fingerprint density at radius 3 is 2.65 bits per heavy atom. The summed E-state index contributed by atoms with van der Waals surface area (Å²) in [5.74, 6) is 0.277. The normalized spacial score (nSPS) is 11.8. The zero-order valence-corrected chi connectivity index (χ0v) is 17.3. The number of para-hydroxylation sites is 1. The van der Waals surface area contributed by atoms with Crippen molar-refractivity contribution in [3.63, 3.8) is 0 Å². The molecule has 2 aromatic heterocycles. The highest BCUT2D eigenvalue weighted by Crippen LogP contribution is 2.26. The molecule has 0 unspecified atom stereocenters. The van der Waals surface area contributed by atoms with Gasteiger partial charge in [-0.2, -0.15) is 0 Å². The summed E-state index contributed by atoms with van der Waals surface area (Å²) in [7, 11) is 1.81. The fourth-order valence-electron chi connectivity index (χ4n) is 3.37. The Hall–Kier alpha value is -3.94. The van der Waals surface area contributed by atoms with Crippen LogP contribution in [0.4, 0.5) is 20.6 Å². The Labute approximate surface area is 179 Å². The van der Waals surface area contributed by atoms with E-state index in [0.29, 0.717) is 22.7 Å². The molecule has 0 fully saturated rings. The number of aromatic nitrogens is 3. The maximum atomic E-state index is 14.7. The van der Waals surface area contributed by atoms with Crippen molar-refractivity contribution in [3.05, 3.63) is 90.1 Å². The van der Waals surface area contributed by atoms with Gasteiger partial charge >= 0.3 is 6.03 Å². The number of fused-ring (bicyclic) bond motifs is 1. The first kappa shape index (κ1) is 20.3. The average Bonchev–Trinajstić information content (AvgIpc) is 3.22. The van der Waals surface area contributed by atoms with Crippen LogP contribution in [-0.2, 0) is 6.54 Å². The molecule has 2 amide bonds. The van der Waals surface area contributed by atoms with Crippen LogP contribution in [-0.4, -0.2) is 27.7 Å². The minimum atomic E-state index is -0.369. The average molecular weight is 418 g/mol. The summed E-state index contributed by atoms with van der Waals surface area (Å²) in [5, 5.41) is 13.8. The first-order chi connectivity index (χ1) is 15.0. The highest BCUT2D eigenvalue weighted by atomic mass is 19.1. The van der Waals surface area contributed by atoms with Gasteiger partial charge in [0.25, 0.3) is 0 Å². The van der Waals surface area contributed by atoms with E-state index >= 15 is 0 Å². The smallest absolute Gasteiger partial charge is 0.315 e. The molecule has 0 aliphatic rings. The third-order valence-corrected chi connectivity index (χ3v) is 5.05. The van der Waals surface area contributed by atoms with E-state index < -0.39 is 0 Å². The van der Waals surface area contributed by atoms with Gasteiger partial charge in [0.2, 0.25) is 0 Å². The van der Waals surface area contributed by atoms with Crippen molar-refractivity contribution in [1.29, 1.82) is 0 Å². The zero-order valence-electron chi connectivity index (χ0n) is 17.3. The van der Waals surface area contributed by atoms with E-state index in [1.165, 1.54) is 6.07 Å². The number of hydrogen-bond donors (Lipinski definition) is 2. The Bertz CT molecular complexity index is 1190. The van der Waals surface area contributed by atoms with Gasteiger partial charge in [0, 0.05) is 25.5 Å². The number of nitrogens with zero attached hydrogens (tertiary/aromatic N) is 4. The summed E-state index contributed by atoms with van der Waals surface area (Å²) >= 11 is 0. The molecule has 0 bridgehead atoms. The lowest BCUT2D eigenvalue weighted by Crippen LogP contribution is -2.37. The van der Waals surface area contributed by atoms with Crippen molar-refractivity contribution >= 4 is 23.1 Å². The number of urea groups is 1. The first-order valence-corrected chi connectivity index (χ1v) is 9.94. The molecule has 0 radical (unpaired) electrons. The van der Waals surface area contributed by atoms with Gasteiger partial charge in [-0.05, 0) is 48.9 Å². The molecule has 158 valence electrons. The van der Waals surface area contributed by atoms with Crippen LogP contribution < -0.4 is 15.5 Å². The van der Waals surface area contributed by atoms with Crippen molar-refractivity contribution in [2.24, 2.45) is 0 Å². The molecule has 2 N–H and O–H groups in total. The molecule has 2 heterocycles. The van der Waals surface area contributed by atoms with Crippen LogP contribution in [0.15, 0.2) is 72.9 Å². The summed E-state index contributed by atoms with van der Waals surface area (Å²) in [4.78, 5) is 14.1. The number of benzene rings is 2. The molecule has 2 aromatic carbocycles. The van der Waals surface area contributed by atoms with Gasteiger partial charge in [0.1, 0.15) is 5.82 Å². The second-order valence-electron chi connectivity index (χ2n) is 7.22. The predicted molar refractivity (Wildman–Crippen MR) is 118 cm³/mol. The summed E-state index contributed by atoms with van der Waals surface area (Å²) in [6.07, 6.45) is 1.84. The number of pyridine rings is 1. The van der Waals surface area contributed by atoms with Gasteiger partial charge in [-0.1, -0.05) is 30.3 Å². The van der Waals surface area contributed by atoms with E-state index in [0.717, 1.165) is 5.69 Å². The summed E-state index contributed by atoms with van der Waals surface area (Å²) in [6.45, 7) is 2.03. The lowest BCUT2D eigenvalue weighted by atomic mass is 10.1. The van der Waals surface area contributed by atoms with Gasteiger partial charge in [-0.25, -0.2) is 9.18 Å². The number of carbonyl (C=O) groups excluding carboxylic acids is 1. The third-order valence-electron chi connectivity index (χ3n) is 5.05. The van der Waals surface area contributed by atoms with Gasteiger partial charge in [-0.15, -0.1) is 10.2 Å². The molecule has 8 heteroatoms. The topological polar surface area (TPSA) is 74.6 Å². The molecule has 4 aromatic rings. The summed E-state index contributed by atoms with van der Waals surface area (Å²) in [5.41, 5.74) is 2.73. The summed E-state index contributed by atoms with van der Waals surface area (Å²) < 4.78 is 16.5. The van der Waals surface area contributed by atoms with Crippen molar-refractivity contribution in [2.45, 2.75) is 19.5 Å². The van der Waals surface area contributed by atoms with Gasteiger partial charge in [0.05, 0.1) is 11.7 Å². The molecule has 0 saturated heterocycles. The number of anilines is 2. The van der Waals surface area contributed by atoms with Crippen LogP contribution >= 0.6 is 0 Å². The van der Waals surface area contributed by atoms with E-state index in [2.05, 4.69) is 20.8 Å². The van der Waals surface area contributed by atoms with Crippen LogP contribution in [0.3, 0.4) is 0 Å². The predicted octanol–water partition coefficient (Wildman–Crippen LogP) is 4.20. The van der Waals surface area contributed by atoms with Gasteiger partial charge in [0.15, 0.2) is 11.5 Å². The maximum absolute atomic E-state index is 14.7. The van der Waals surface area contributed by atoms with Gasteiger partial charge < -0.3 is 15.5 Å². The molecule has 31 heavy (non-hydrogen) atoms. The Morgan fingerprint density at radius 2 is 1.87 bits per heavy atom. The highest BCUT2D eigenvalue weighted by molar-refractivity contribution is 5.74. The first-order valence-electron chi connectivity index (χ1n) is 9.94. The molecule has 0 saturated carbocycles. The fourth-order valence-corrected chi connectivity index (χ4v) is 3.37. The lowest BCUT2D eigenvalue weighted by molar-refractivity contribution is 0.237. The zero-order chi connectivity index (χ0) is 21.8. The minimum Gasteiger partial charge on any atom is -0.342 e. The monoisotopic (exact) mass is 418 g/mol. The Morgan fingerprint density at radius 1 is 1.10 bits per heavy atom. The SMILES string of the molecule is C[C@H](NC(=O)NCc1ccc(N(C)c2ccccc2)c(F)c1)c1nnc2ccccn12. The lowest BCUT2D eigenvalue weighted by Gasteiger charge is -2.20. The summed E-state index contributed by atoms with van der Waals surface area (Å²) in [6, 6.07) is 19.4. The number of nitrogens with one attached hydrogen (secondary N) is 2. The standard InChI is InChI=1S/C23H23FN6O/c1-16(22-28-27-21-10-6-7-13-30(21)22)26-23(31)25-15-17-11-12-20(19(24)14-17)29(2)18-8-4-3-5-9-18/h3-14,16H,15H2,1-2H3,(H2,25,26,31)/t16-/m0/s1. The van der Waals surface area contributed by atoms with Crippen LogP contribution in [0, 0.1) is 5.82 Å². The number of rotatable bonds is 6. The molecule has 0 spiro atoms. The molecule has 7 nitrogen and oxygen atoms in total. The number of halogens is 1. The van der Waals surface area contributed by atoms with E-state index in [9.17, 15) is 9.18 Å². The maximum Gasteiger partial charge on any atom is 0.315 e. The van der Waals surface area contributed by atoms with Crippen molar-refractivity contribution < 1.29 is 9.18 Å². The van der Waals surface area contributed by atoms with Crippen LogP contribution in [0.1, 0.15) is 24.4 Å². The van der Waals surface area contributed by atoms with E-state index in [4.69, 9.17) is 0 Å². The molecule has 1 atom stereocenters. The second-order valence-corrected chi connectivity index (χ2v) is 7.22. The van der Waals surface area contributed by atoms with Crippen molar-refractivity contribution in [2.75, 3.05) is 11.9 Å². The van der Waals surface area contributed by atoms with Crippen molar-refractivity contribution in [1.82, 2.24) is 25.2 Å². The Balaban J connectivity index is 1.36. The molecular weight excluding hydrogens is 395 g/mol. The largest absolute Gasteiger partial charge is 0.342 e. The number of hydrogen-bond acceptors (Lipinski definition) is 4. The minimum absolute atomic E-state index is 0.200. The van der Waals surface area contributed by atoms with E-state index in [1.54, 1.807) is 17.0 Å². The van der Waals surface area contributed by atoms with E-state index in [1.807, 2.05) is 73.1 Å². The van der Waals surface area contributed by atoms with Gasteiger partial charge in [-0.3, -0.25) is 4.40 Å². The highest BCUT2D eigenvalue weighted by Gasteiger charge is 2.16. The van der Waals surface area contributed by atoms with E-state index in [-0.39, 0.29) is 24.4 Å². The Kier molecular flexibility index (Phi) is 5.79. The molecule has 0 aliphatic heterocycles. The fraction of sp³-hybridized carbons (Fsp3) is 0.174. The van der Waals surface area contributed by atoms with Crippen LogP contribution in [0.5, 0.6) is 0 Å². The third kappa shape index (κ3) is 4.48. The molecule has 4 rings (SSSR count). The molecule has 0 aliphatic carbocycles. The second kappa shape index (κ2) is 8.83.